The van der Waals surface area contributed by atoms with Crippen LogP contribution in [0, 0.1) is 11.3 Å². The average Bonchev–Trinajstić information content (AvgIpc) is 2.78. The molecule has 0 amide bonds. The molecule has 1 heteroatoms. The van der Waals surface area contributed by atoms with E-state index in [1.54, 1.807) is 0 Å². The molecule has 0 saturated heterocycles. The highest BCUT2D eigenvalue weighted by molar-refractivity contribution is 5.93. The van der Waals surface area contributed by atoms with Gasteiger partial charge in [-0.1, -0.05) is 48.5 Å². The molecule has 88 valence electrons. The third-order valence-corrected chi connectivity index (χ3v) is 3.92. The fourth-order valence-electron chi connectivity index (χ4n) is 3.03. The summed E-state index contributed by atoms with van der Waals surface area (Å²) in [6.07, 6.45) is 0. The maximum absolute atomic E-state index is 9.48. The Hall–Kier alpha value is -2.59. The van der Waals surface area contributed by atoms with Crippen molar-refractivity contribution in [1.29, 1.82) is 5.26 Å². The molecular formula is C18H11N. The summed E-state index contributed by atoms with van der Waals surface area (Å²) in [7, 11) is 0. The Kier molecular flexibility index (Phi) is 2.01. The molecule has 1 aliphatic rings. The minimum atomic E-state index is -0.129. The van der Waals surface area contributed by atoms with Crippen LogP contribution in [0.3, 0.4) is 0 Å². The van der Waals surface area contributed by atoms with E-state index >= 15 is 0 Å². The van der Waals surface area contributed by atoms with Gasteiger partial charge in [0.2, 0.25) is 0 Å². The van der Waals surface area contributed by atoms with Gasteiger partial charge in [-0.25, -0.2) is 0 Å². The topological polar surface area (TPSA) is 23.8 Å². The largest absolute Gasteiger partial charge is 0.197 e. The van der Waals surface area contributed by atoms with Crippen LogP contribution < -0.4 is 0 Å². The fourth-order valence-corrected chi connectivity index (χ4v) is 3.03. The standard InChI is InChI=1S/C18H11N/c19-11-18-15-8-4-3-7-14(15)16-9-12-5-1-2-6-13(12)10-17(16)18/h1-10,18H. The average molecular weight is 241 g/mol. The van der Waals surface area contributed by atoms with Crippen molar-refractivity contribution < 1.29 is 0 Å². The van der Waals surface area contributed by atoms with Crippen molar-refractivity contribution in [3.8, 4) is 17.2 Å². The number of benzene rings is 3. The van der Waals surface area contributed by atoms with Crippen LogP contribution in [0.5, 0.6) is 0 Å². The third kappa shape index (κ3) is 1.34. The Bertz CT molecular complexity index is 840. The molecule has 4 rings (SSSR count). The highest BCUT2D eigenvalue weighted by Crippen LogP contribution is 2.45. The van der Waals surface area contributed by atoms with Crippen LogP contribution >= 0.6 is 0 Å². The quantitative estimate of drug-likeness (QED) is 0.569. The second kappa shape index (κ2) is 3.70. The first-order chi connectivity index (χ1) is 9.38. The Morgan fingerprint density at radius 2 is 1.42 bits per heavy atom. The summed E-state index contributed by atoms with van der Waals surface area (Å²) in [6, 6.07) is 23.4. The van der Waals surface area contributed by atoms with Crippen molar-refractivity contribution in [2.75, 3.05) is 0 Å². The molecular weight excluding hydrogens is 230 g/mol. The summed E-state index contributed by atoms with van der Waals surface area (Å²) in [6.45, 7) is 0. The van der Waals surface area contributed by atoms with Crippen LogP contribution in [-0.2, 0) is 0 Å². The van der Waals surface area contributed by atoms with E-state index in [1.165, 1.54) is 21.9 Å². The molecule has 0 saturated carbocycles. The SMILES string of the molecule is N#CC1c2ccccc2-c2cc3ccccc3cc21. The molecule has 3 aromatic rings. The number of nitriles is 1. The second-order valence-electron chi connectivity index (χ2n) is 4.94. The van der Waals surface area contributed by atoms with Crippen LogP contribution in [0.2, 0.25) is 0 Å². The number of rotatable bonds is 0. The first kappa shape index (κ1) is 10.3. The molecule has 1 atom stereocenters. The molecule has 0 aromatic heterocycles. The van der Waals surface area contributed by atoms with Crippen LogP contribution in [0.15, 0.2) is 60.7 Å². The zero-order valence-electron chi connectivity index (χ0n) is 10.3. The third-order valence-electron chi connectivity index (χ3n) is 3.92. The van der Waals surface area contributed by atoms with Gasteiger partial charge in [-0.3, -0.25) is 0 Å². The van der Waals surface area contributed by atoms with E-state index in [-0.39, 0.29) is 5.92 Å². The Morgan fingerprint density at radius 1 is 0.737 bits per heavy atom. The van der Waals surface area contributed by atoms with Gasteiger partial charge in [-0.2, -0.15) is 5.26 Å². The number of fused-ring (bicyclic) bond motifs is 4. The van der Waals surface area contributed by atoms with Crippen LogP contribution in [-0.4, -0.2) is 0 Å². The Labute approximate surface area is 111 Å². The maximum atomic E-state index is 9.48. The molecule has 1 unspecified atom stereocenters. The highest BCUT2D eigenvalue weighted by Gasteiger charge is 2.28. The first-order valence-corrected chi connectivity index (χ1v) is 6.40. The van der Waals surface area contributed by atoms with E-state index in [9.17, 15) is 5.26 Å². The first-order valence-electron chi connectivity index (χ1n) is 6.40. The normalized spacial score (nSPS) is 15.8. The van der Waals surface area contributed by atoms with Crippen molar-refractivity contribution in [3.05, 3.63) is 71.8 Å². The number of nitrogens with zero attached hydrogens (tertiary/aromatic N) is 1. The molecule has 0 aliphatic heterocycles. The minimum Gasteiger partial charge on any atom is -0.197 e. The summed E-state index contributed by atoms with van der Waals surface area (Å²) in [5, 5.41) is 11.9. The summed E-state index contributed by atoms with van der Waals surface area (Å²) < 4.78 is 0. The Balaban J connectivity index is 2.12. The van der Waals surface area contributed by atoms with Gasteiger partial charge in [0.25, 0.3) is 0 Å². The van der Waals surface area contributed by atoms with Crippen LogP contribution in [0.4, 0.5) is 0 Å². The van der Waals surface area contributed by atoms with E-state index in [4.69, 9.17) is 0 Å². The zero-order valence-corrected chi connectivity index (χ0v) is 10.3. The summed E-state index contributed by atoms with van der Waals surface area (Å²) in [5.74, 6) is -0.129. The fraction of sp³-hybridized carbons (Fsp3) is 0.0556. The molecule has 0 fully saturated rings. The number of hydrogen-bond acceptors (Lipinski definition) is 1. The van der Waals surface area contributed by atoms with Gasteiger partial charge in [0, 0.05) is 0 Å². The molecule has 1 aliphatic carbocycles. The molecule has 19 heavy (non-hydrogen) atoms. The van der Waals surface area contributed by atoms with Crippen molar-refractivity contribution in [3.63, 3.8) is 0 Å². The number of hydrogen-bond donors (Lipinski definition) is 0. The van der Waals surface area contributed by atoms with Crippen molar-refractivity contribution in [2.45, 2.75) is 5.92 Å². The van der Waals surface area contributed by atoms with Gasteiger partial charge in [0.15, 0.2) is 0 Å². The van der Waals surface area contributed by atoms with Gasteiger partial charge in [-0.05, 0) is 45.2 Å². The Morgan fingerprint density at radius 3 is 2.21 bits per heavy atom. The van der Waals surface area contributed by atoms with Crippen LogP contribution in [0.1, 0.15) is 17.0 Å². The molecule has 0 spiro atoms. The lowest BCUT2D eigenvalue weighted by Crippen LogP contribution is -1.91. The highest BCUT2D eigenvalue weighted by atomic mass is 14.3. The molecule has 0 heterocycles. The second-order valence-corrected chi connectivity index (χ2v) is 4.94. The molecule has 0 radical (unpaired) electrons. The van der Waals surface area contributed by atoms with Gasteiger partial charge in [-0.15, -0.1) is 0 Å². The lowest BCUT2D eigenvalue weighted by atomic mass is 9.96. The van der Waals surface area contributed by atoms with Crippen molar-refractivity contribution >= 4 is 10.8 Å². The van der Waals surface area contributed by atoms with Gasteiger partial charge in [0.05, 0.1) is 12.0 Å². The lowest BCUT2D eigenvalue weighted by Gasteiger charge is -2.05. The minimum absolute atomic E-state index is 0.129. The predicted molar refractivity (Wildman–Crippen MR) is 76.8 cm³/mol. The maximum Gasteiger partial charge on any atom is 0.0974 e. The molecule has 0 N–H and O–H groups in total. The molecule has 3 aromatic carbocycles. The lowest BCUT2D eigenvalue weighted by molar-refractivity contribution is 1.09. The zero-order chi connectivity index (χ0) is 12.8. The van der Waals surface area contributed by atoms with E-state index in [0.717, 1.165) is 11.1 Å². The van der Waals surface area contributed by atoms with Gasteiger partial charge < -0.3 is 0 Å². The summed E-state index contributed by atoms with van der Waals surface area (Å²) in [5.41, 5.74) is 4.69. The van der Waals surface area contributed by atoms with Crippen molar-refractivity contribution in [2.24, 2.45) is 0 Å². The molecule has 0 bridgehead atoms. The van der Waals surface area contributed by atoms with E-state index in [2.05, 4.69) is 48.5 Å². The van der Waals surface area contributed by atoms with Gasteiger partial charge in [0.1, 0.15) is 0 Å². The van der Waals surface area contributed by atoms with E-state index in [1.807, 2.05) is 18.2 Å². The van der Waals surface area contributed by atoms with Gasteiger partial charge >= 0.3 is 0 Å². The van der Waals surface area contributed by atoms with Crippen molar-refractivity contribution in [1.82, 2.24) is 0 Å². The predicted octanol–water partition coefficient (Wildman–Crippen LogP) is 4.48. The van der Waals surface area contributed by atoms with Crippen LogP contribution in [0.25, 0.3) is 21.9 Å². The molecule has 1 nitrogen and oxygen atoms in total. The monoisotopic (exact) mass is 241 g/mol. The summed E-state index contributed by atoms with van der Waals surface area (Å²) >= 11 is 0. The summed E-state index contributed by atoms with van der Waals surface area (Å²) in [4.78, 5) is 0. The van der Waals surface area contributed by atoms with E-state index < -0.39 is 0 Å². The van der Waals surface area contributed by atoms with E-state index in [0.29, 0.717) is 0 Å². The smallest absolute Gasteiger partial charge is 0.0974 e.